The number of methoxy groups -OCH3 is 1. The molecule has 0 bridgehead atoms. The first-order valence-electron chi connectivity index (χ1n) is 6.66. The maximum absolute atomic E-state index is 12.1. The lowest BCUT2D eigenvalue weighted by Gasteiger charge is -2.15. The number of anilines is 2. The molecular weight excluding hydrogens is 416 g/mol. The Hall–Kier alpha value is -1.96. The molecule has 0 aromatic heterocycles. The Morgan fingerprint density at radius 1 is 1.25 bits per heavy atom. The Bertz CT molecular complexity index is 814. The summed E-state index contributed by atoms with van der Waals surface area (Å²) in [4.78, 5) is 24.1. The quantitative estimate of drug-likeness (QED) is 0.549. The van der Waals surface area contributed by atoms with E-state index in [4.69, 9.17) is 16.3 Å². The predicted molar refractivity (Wildman–Crippen MR) is 101 cm³/mol. The maximum Gasteiger partial charge on any atom is 0.340 e. The van der Waals surface area contributed by atoms with E-state index in [0.717, 1.165) is 9.96 Å². The molecule has 0 heterocycles. The molecule has 24 heavy (non-hydrogen) atoms. The van der Waals surface area contributed by atoms with Crippen LogP contribution >= 0.6 is 39.7 Å². The SMILES string of the molecule is COC(=O)c1cccc(Cl)c1Nc1cc(Br)ccc1C(=O)NC=S. The number of thiocarbonyl (C=S) groups is 1. The van der Waals surface area contributed by atoms with Crippen molar-refractivity contribution in [1.29, 1.82) is 0 Å². The summed E-state index contributed by atoms with van der Waals surface area (Å²) in [6, 6.07) is 9.88. The number of hydrogen-bond donors (Lipinski definition) is 2. The molecule has 0 atom stereocenters. The van der Waals surface area contributed by atoms with E-state index in [9.17, 15) is 9.59 Å². The molecule has 0 aliphatic carbocycles. The number of carbonyl (C=O) groups excluding carboxylic acids is 2. The zero-order valence-corrected chi connectivity index (χ0v) is 15.6. The molecule has 8 heteroatoms. The molecule has 0 aliphatic heterocycles. The largest absolute Gasteiger partial charge is 0.465 e. The fraction of sp³-hybridized carbons (Fsp3) is 0.0625. The second-order valence-corrected chi connectivity index (χ2v) is 6.12. The number of nitrogens with one attached hydrogen (secondary N) is 2. The summed E-state index contributed by atoms with van der Waals surface area (Å²) in [5, 5.41) is 5.79. The monoisotopic (exact) mass is 426 g/mol. The van der Waals surface area contributed by atoms with Crippen molar-refractivity contribution >= 4 is 68.5 Å². The number of hydrogen-bond acceptors (Lipinski definition) is 5. The van der Waals surface area contributed by atoms with Gasteiger partial charge in [0.15, 0.2) is 0 Å². The van der Waals surface area contributed by atoms with E-state index in [1.165, 1.54) is 7.11 Å². The second kappa shape index (κ2) is 8.23. The molecule has 2 aromatic rings. The summed E-state index contributed by atoms with van der Waals surface area (Å²) in [6.45, 7) is 0. The predicted octanol–water partition coefficient (Wildman–Crippen LogP) is 4.32. The van der Waals surface area contributed by atoms with Crippen molar-refractivity contribution in [2.75, 3.05) is 12.4 Å². The Morgan fingerprint density at radius 3 is 2.67 bits per heavy atom. The molecule has 2 N–H and O–H groups in total. The number of para-hydroxylation sites is 1. The zero-order chi connectivity index (χ0) is 17.7. The van der Waals surface area contributed by atoms with E-state index in [2.05, 4.69) is 38.8 Å². The van der Waals surface area contributed by atoms with Gasteiger partial charge in [-0.3, -0.25) is 4.79 Å². The first-order chi connectivity index (χ1) is 11.5. The number of ether oxygens (including phenoxy) is 1. The standard InChI is InChI=1S/C16H12BrClN2O3S/c1-23-16(22)11-3-2-4-12(18)14(11)20-13-7-9(17)5-6-10(13)15(21)19-8-24/h2-8,20H,1H3,(H,19,21,24). The van der Waals surface area contributed by atoms with Crippen LogP contribution in [0.1, 0.15) is 20.7 Å². The number of carbonyl (C=O) groups is 2. The van der Waals surface area contributed by atoms with Crippen molar-refractivity contribution in [3.63, 3.8) is 0 Å². The van der Waals surface area contributed by atoms with Crippen molar-refractivity contribution in [3.05, 3.63) is 57.0 Å². The first-order valence-corrected chi connectivity index (χ1v) is 8.30. The number of amides is 1. The lowest BCUT2D eigenvalue weighted by atomic mass is 10.1. The van der Waals surface area contributed by atoms with Gasteiger partial charge in [-0.2, -0.15) is 0 Å². The molecule has 0 saturated carbocycles. The third kappa shape index (κ3) is 4.11. The molecule has 0 spiro atoms. The molecule has 0 radical (unpaired) electrons. The second-order valence-electron chi connectivity index (χ2n) is 4.56. The van der Waals surface area contributed by atoms with E-state index in [1.54, 1.807) is 36.4 Å². The molecule has 2 aromatic carbocycles. The van der Waals surface area contributed by atoms with Crippen LogP contribution in [0.15, 0.2) is 40.9 Å². The molecule has 0 saturated heterocycles. The molecule has 124 valence electrons. The fourth-order valence-electron chi connectivity index (χ4n) is 2.02. The van der Waals surface area contributed by atoms with Gasteiger partial charge in [-0.05, 0) is 30.3 Å². The van der Waals surface area contributed by atoms with Gasteiger partial charge in [0.25, 0.3) is 5.91 Å². The highest BCUT2D eigenvalue weighted by atomic mass is 79.9. The molecular formula is C16H12BrClN2O3S. The van der Waals surface area contributed by atoms with Crippen LogP contribution in [0, 0.1) is 0 Å². The smallest absolute Gasteiger partial charge is 0.340 e. The molecule has 0 unspecified atom stereocenters. The van der Waals surface area contributed by atoms with E-state index in [1.807, 2.05) is 0 Å². The topological polar surface area (TPSA) is 67.4 Å². The van der Waals surface area contributed by atoms with Crippen LogP contribution in [0.5, 0.6) is 0 Å². The van der Waals surface area contributed by atoms with Gasteiger partial charge in [0, 0.05) is 4.47 Å². The Balaban J connectivity index is 2.52. The third-order valence-corrected chi connectivity index (χ3v) is 4.02. The minimum absolute atomic E-state index is 0.256. The van der Waals surface area contributed by atoms with Crippen molar-refractivity contribution < 1.29 is 14.3 Å². The number of halogens is 2. The minimum Gasteiger partial charge on any atom is -0.465 e. The van der Waals surface area contributed by atoms with Crippen LogP contribution in [-0.4, -0.2) is 24.5 Å². The highest BCUT2D eigenvalue weighted by Crippen LogP contribution is 2.32. The van der Waals surface area contributed by atoms with E-state index in [0.29, 0.717) is 22.0 Å². The lowest BCUT2D eigenvalue weighted by molar-refractivity contribution is 0.0601. The summed E-state index contributed by atoms with van der Waals surface area (Å²) >= 11 is 14.2. The summed E-state index contributed by atoms with van der Waals surface area (Å²) < 4.78 is 5.51. The van der Waals surface area contributed by atoms with Gasteiger partial charge in [0.1, 0.15) is 0 Å². The van der Waals surface area contributed by atoms with E-state index >= 15 is 0 Å². The van der Waals surface area contributed by atoms with Crippen LogP contribution < -0.4 is 10.6 Å². The van der Waals surface area contributed by atoms with Crippen molar-refractivity contribution in [2.45, 2.75) is 0 Å². The van der Waals surface area contributed by atoms with Crippen molar-refractivity contribution in [2.24, 2.45) is 0 Å². The Labute approximate surface area is 157 Å². The Morgan fingerprint density at radius 2 is 2.00 bits per heavy atom. The minimum atomic E-state index is -0.542. The summed E-state index contributed by atoms with van der Waals surface area (Å²) in [5.74, 6) is -0.924. The maximum atomic E-state index is 12.1. The summed E-state index contributed by atoms with van der Waals surface area (Å²) in [5.41, 5.74) is 2.53. The fourth-order valence-corrected chi connectivity index (χ4v) is 2.70. The van der Waals surface area contributed by atoms with E-state index < -0.39 is 5.97 Å². The Kier molecular flexibility index (Phi) is 6.30. The zero-order valence-electron chi connectivity index (χ0n) is 12.4. The third-order valence-electron chi connectivity index (χ3n) is 3.09. The van der Waals surface area contributed by atoms with Gasteiger partial charge in [-0.25, -0.2) is 4.79 Å². The van der Waals surface area contributed by atoms with Crippen LogP contribution in [0.2, 0.25) is 5.02 Å². The van der Waals surface area contributed by atoms with Gasteiger partial charge in [0.2, 0.25) is 0 Å². The number of esters is 1. The van der Waals surface area contributed by atoms with Crippen LogP contribution in [0.25, 0.3) is 0 Å². The molecule has 0 fully saturated rings. The van der Waals surface area contributed by atoms with Gasteiger partial charge in [-0.15, -0.1) is 0 Å². The van der Waals surface area contributed by atoms with Gasteiger partial charge in [0.05, 0.1) is 40.1 Å². The number of rotatable bonds is 5. The highest BCUT2D eigenvalue weighted by molar-refractivity contribution is 9.10. The average molecular weight is 428 g/mol. The number of benzene rings is 2. The van der Waals surface area contributed by atoms with Crippen LogP contribution in [0.3, 0.4) is 0 Å². The van der Waals surface area contributed by atoms with Crippen LogP contribution in [0.4, 0.5) is 11.4 Å². The van der Waals surface area contributed by atoms with Crippen molar-refractivity contribution in [3.8, 4) is 0 Å². The molecule has 2 rings (SSSR count). The van der Waals surface area contributed by atoms with Crippen molar-refractivity contribution in [1.82, 2.24) is 5.32 Å². The van der Waals surface area contributed by atoms with Crippen LogP contribution in [-0.2, 0) is 4.74 Å². The molecule has 1 amide bonds. The molecule has 0 aliphatic rings. The van der Waals surface area contributed by atoms with Gasteiger partial charge in [-0.1, -0.05) is 45.8 Å². The summed E-state index contributed by atoms with van der Waals surface area (Å²) in [7, 11) is 1.28. The van der Waals surface area contributed by atoms with E-state index in [-0.39, 0.29) is 11.5 Å². The summed E-state index contributed by atoms with van der Waals surface area (Å²) in [6.07, 6.45) is 0. The average Bonchev–Trinajstić information content (AvgIpc) is 2.56. The normalized spacial score (nSPS) is 9.96. The van der Waals surface area contributed by atoms with Gasteiger partial charge >= 0.3 is 5.97 Å². The van der Waals surface area contributed by atoms with Gasteiger partial charge < -0.3 is 15.4 Å². The first kappa shape index (κ1) is 18.4. The lowest BCUT2D eigenvalue weighted by Crippen LogP contribution is -2.21. The highest BCUT2D eigenvalue weighted by Gasteiger charge is 2.18. The molecule has 5 nitrogen and oxygen atoms in total.